The fourth-order valence-corrected chi connectivity index (χ4v) is 4.16. The van der Waals surface area contributed by atoms with Crippen LogP contribution in [0.15, 0.2) is 65.5 Å². The Hall–Kier alpha value is -3.67. The molecule has 10 nitrogen and oxygen atoms in total. The minimum atomic E-state index is -3.38. The molecule has 4 rings (SSSR count). The average molecular weight is 469 g/mol. The monoisotopic (exact) mass is 468 g/mol. The zero-order valence-electron chi connectivity index (χ0n) is 18.0. The number of nitrogens with two attached hydrogens (primary N) is 1. The third-order valence-electron chi connectivity index (χ3n) is 4.79. The van der Waals surface area contributed by atoms with Gasteiger partial charge in [-0.25, -0.2) is 0 Å². The lowest BCUT2D eigenvalue weighted by molar-refractivity contribution is 0.0880. The van der Waals surface area contributed by atoms with Crippen molar-refractivity contribution in [2.24, 2.45) is 10.1 Å². The Kier molecular flexibility index (Phi) is 5.93. The first-order valence-corrected chi connectivity index (χ1v) is 11.5. The van der Waals surface area contributed by atoms with Crippen LogP contribution in [0.5, 0.6) is 5.75 Å². The molecular formula is C22H24N6O4S. The van der Waals surface area contributed by atoms with Crippen molar-refractivity contribution >= 4 is 28.4 Å². The molecule has 1 aromatic carbocycles. The summed E-state index contributed by atoms with van der Waals surface area (Å²) in [4.78, 5) is 21.2. The predicted octanol–water partition coefficient (Wildman–Crippen LogP) is 3.44. The van der Waals surface area contributed by atoms with Crippen LogP contribution in [0.4, 0.5) is 5.69 Å². The van der Waals surface area contributed by atoms with E-state index in [0.717, 1.165) is 5.56 Å². The molecule has 3 heterocycles. The number of ether oxygens (including phenoxy) is 1. The van der Waals surface area contributed by atoms with Gasteiger partial charge in [-0.1, -0.05) is 6.07 Å². The summed E-state index contributed by atoms with van der Waals surface area (Å²) in [6, 6.07) is 12.0. The van der Waals surface area contributed by atoms with Crippen LogP contribution in [-0.2, 0) is 0 Å². The van der Waals surface area contributed by atoms with Gasteiger partial charge in [-0.05, 0) is 61.2 Å². The highest BCUT2D eigenvalue weighted by Gasteiger charge is 2.27. The van der Waals surface area contributed by atoms with E-state index in [2.05, 4.69) is 24.4 Å². The Labute approximate surface area is 192 Å². The number of hydrogen-bond acceptors (Lipinski definition) is 9. The molecular weight excluding hydrogens is 444 g/mol. The molecule has 172 valence electrons. The molecule has 0 saturated heterocycles. The maximum atomic E-state index is 12.9. The summed E-state index contributed by atoms with van der Waals surface area (Å²) in [5.74, 6) is 0.0945. The van der Waals surface area contributed by atoms with E-state index in [1.165, 1.54) is 0 Å². The molecule has 1 aliphatic rings. The number of aromatic nitrogens is 2. The van der Waals surface area contributed by atoms with E-state index in [1.807, 2.05) is 26.0 Å². The summed E-state index contributed by atoms with van der Waals surface area (Å²) in [6.07, 6.45) is 4.92. The number of carbonyl (C=O) groups excluding carboxylic acids is 1. The summed E-state index contributed by atoms with van der Waals surface area (Å²) in [5, 5.41) is 2.97. The number of pyridine rings is 2. The van der Waals surface area contributed by atoms with Crippen molar-refractivity contribution in [3.8, 4) is 17.0 Å². The molecule has 0 saturated carbocycles. The van der Waals surface area contributed by atoms with Gasteiger partial charge < -0.3 is 15.8 Å². The number of hydrogen-bond donors (Lipinski definition) is 5. The number of amides is 1. The van der Waals surface area contributed by atoms with Gasteiger partial charge in [0, 0.05) is 29.7 Å². The van der Waals surface area contributed by atoms with Crippen molar-refractivity contribution in [3.63, 3.8) is 0 Å². The van der Waals surface area contributed by atoms with E-state index in [9.17, 15) is 13.9 Å². The number of fused-ring (bicyclic) bond motifs is 1. The number of anilines is 1. The van der Waals surface area contributed by atoms with Gasteiger partial charge in [-0.2, -0.15) is 0 Å². The van der Waals surface area contributed by atoms with Crippen LogP contribution in [-0.4, -0.2) is 43.0 Å². The number of carbonyl (C=O) groups is 1. The second-order valence-electron chi connectivity index (χ2n) is 8.07. The lowest BCUT2D eigenvalue weighted by atomic mass is 10.0. The third kappa shape index (κ3) is 5.22. The van der Waals surface area contributed by atoms with Gasteiger partial charge in [0.1, 0.15) is 12.4 Å². The fraction of sp³-hybridized carbons (Fsp3) is 0.182. The summed E-state index contributed by atoms with van der Waals surface area (Å²) in [6.45, 7) is 3.79. The van der Waals surface area contributed by atoms with Crippen LogP contribution in [0.3, 0.4) is 0 Å². The highest BCUT2D eigenvalue weighted by molar-refractivity contribution is 8.24. The Balaban J connectivity index is 1.46. The molecule has 33 heavy (non-hydrogen) atoms. The molecule has 0 unspecified atom stereocenters. The lowest BCUT2D eigenvalue weighted by Gasteiger charge is -2.34. The van der Waals surface area contributed by atoms with E-state index in [-0.39, 0.29) is 18.3 Å². The SMILES string of the molecule is CC(C)(COc1cccc2c1C(N)=NS(O)(O)N2)NC(=O)c1ccnc(-c2ccncc2)c1. The highest BCUT2D eigenvalue weighted by Crippen LogP contribution is 2.46. The van der Waals surface area contributed by atoms with Crippen molar-refractivity contribution in [1.82, 2.24) is 15.3 Å². The third-order valence-corrected chi connectivity index (χ3v) is 5.74. The predicted molar refractivity (Wildman–Crippen MR) is 128 cm³/mol. The zero-order chi connectivity index (χ0) is 23.6. The van der Waals surface area contributed by atoms with Crippen LogP contribution < -0.4 is 20.5 Å². The van der Waals surface area contributed by atoms with Gasteiger partial charge in [0.25, 0.3) is 5.91 Å². The first-order chi connectivity index (χ1) is 15.6. The summed E-state index contributed by atoms with van der Waals surface area (Å²) in [5.41, 5.74) is 8.03. The first kappa shape index (κ1) is 22.5. The van der Waals surface area contributed by atoms with E-state index in [4.69, 9.17) is 10.5 Å². The minimum Gasteiger partial charge on any atom is -0.490 e. The topological polar surface area (TPSA) is 155 Å². The van der Waals surface area contributed by atoms with Crippen LogP contribution in [0.2, 0.25) is 0 Å². The number of nitrogens with one attached hydrogen (secondary N) is 2. The highest BCUT2D eigenvalue weighted by atomic mass is 32.3. The molecule has 0 bridgehead atoms. The zero-order valence-corrected chi connectivity index (χ0v) is 18.8. The van der Waals surface area contributed by atoms with Crippen LogP contribution >= 0.6 is 11.0 Å². The van der Waals surface area contributed by atoms with Crippen molar-refractivity contribution in [2.75, 3.05) is 11.3 Å². The maximum absolute atomic E-state index is 12.9. The number of benzene rings is 1. The van der Waals surface area contributed by atoms with Crippen molar-refractivity contribution in [3.05, 3.63) is 72.2 Å². The molecule has 0 spiro atoms. The minimum absolute atomic E-state index is 0.0402. The molecule has 1 amide bonds. The quantitative estimate of drug-likeness (QED) is 0.368. The Morgan fingerprint density at radius 1 is 1.18 bits per heavy atom. The average Bonchev–Trinajstić information content (AvgIpc) is 2.77. The van der Waals surface area contributed by atoms with E-state index in [1.54, 1.807) is 48.9 Å². The molecule has 3 aromatic rings. The van der Waals surface area contributed by atoms with Gasteiger partial charge in [0.15, 0.2) is 5.84 Å². The molecule has 0 atom stereocenters. The molecule has 6 N–H and O–H groups in total. The molecule has 11 heteroatoms. The first-order valence-electron chi connectivity index (χ1n) is 10.0. The van der Waals surface area contributed by atoms with Gasteiger partial charge in [0.05, 0.1) is 22.5 Å². The van der Waals surface area contributed by atoms with Gasteiger partial charge in [-0.15, -0.1) is 4.40 Å². The van der Waals surface area contributed by atoms with Gasteiger partial charge in [0.2, 0.25) is 0 Å². The van der Waals surface area contributed by atoms with Crippen molar-refractivity contribution in [1.29, 1.82) is 0 Å². The van der Waals surface area contributed by atoms with Gasteiger partial charge >= 0.3 is 0 Å². The van der Waals surface area contributed by atoms with Crippen LogP contribution in [0.25, 0.3) is 11.3 Å². The molecule has 2 aromatic heterocycles. The summed E-state index contributed by atoms with van der Waals surface area (Å²) >= 11 is 0. The van der Waals surface area contributed by atoms with Crippen molar-refractivity contribution in [2.45, 2.75) is 19.4 Å². The summed E-state index contributed by atoms with van der Waals surface area (Å²) in [7, 11) is -3.38. The Morgan fingerprint density at radius 2 is 1.94 bits per heavy atom. The Morgan fingerprint density at radius 3 is 2.70 bits per heavy atom. The Bertz CT molecular complexity index is 1220. The maximum Gasteiger partial charge on any atom is 0.251 e. The second-order valence-corrected chi connectivity index (χ2v) is 9.49. The van der Waals surface area contributed by atoms with Gasteiger partial charge in [-0.3, -0.25) is 28.6 Å². The second kappa shape index (κ2) is 8.70. The molecule has 0 radical (unpaired) electrons. The fourth-order valence-electron chi connectivity index (χ4n) is 3.28. The molecule has 1 aliphatic heterocycles. The largest absolute Gasteiger partial charge is 0.490 e. The van der Waals surface area contributed by atoms with E-state index < -0.39 is 16.5 Å². The molecule has 0 fully saturated rings. The summed E-state index contributed by atoms with van der Waals surface area (Å²) < 4.78 is 31.8. The van der Waals surface area contributed by atoms with E-state index in [0.29, 0.717) is 28.3 Å². The standard InChI is InChI=1S/C22H24N6O4S/c1-22(2,13-32-18-5-3-4-16-19(18)20(23)28-33(30,31)27-16)26-21(29)15-8-11-25-17(12-15)14-6-9-24-10-7-14/h3-12,27,30-31H,13H2,1-2H3,(H2,23,28)(H,26,29). The normalized spacial score (nSPS) is 15.5. The number of amidine groups is 1. The van der Waals surface area contributed by atoms with E-state index >= 15 is 0 Å². The molecule has 0 aliphatic carbocycles. The van der Waals surface area contributed by atoms with Crippen molar-refractivity contribution < 1.29 is 18.6 Å². The number of rotatable bonds is 6. The lowest BCUT2D eigenvalue weighted by Crippen LogP contribution is -2.48. The number of nitrogens with zero attached hydrogens (tertiary/aromatic N) is 3. The smallest absolute Gasteiger partial charge is 0.251 e. The van der Waals surface area contributed by atoms with Crippen LogP contribution in [0.1, 0.15) is 29.8 Å². The van der Waals surface area contributed by atoms with Crippen LogP contribution in [0, 0.1) is 0 Å².